The third-order valence-corrected chi connectivity index (χ3v) is 10.1. The van der Waals surface area contributed by atoms with Crippen LogP contribution in [0.4, 0.5) is 0 Å². The SMILES string of the molecule is C.C=CC[C@@]1(C)C[C@H](c2cccc(Cl)c2)C(c2ccc(Cl)cc2)[N+]2=C1OC[C@@H]2C(C)C.O=S(=O)([O-])c1cccc2ccccc12.[CH3-].[Na+]. The van der Waals surface area contributed by atoms with Gasteiger partial charge in [0, 0.05) is 21.5 Å². The molecule has 0 saturated carbocycles. The first-order valence-electron chi connectivity index (χ1n) is 14.8. The zero-order valence-electron chi connectivity index (χ0n) is 27.1. The Bertz CT molecular complexity index is 1800. The van der Waals surface area contributed by atoms with Crippen molar-refractivity contribution in [3.8, 4) is 0 Å². The van der Waals surface area contributed by atoms with Crippen molar-refractivity contribution < 1.29 is 51.8 Å². The van der Waals surface area contributed by atoms with Gasteiger partial charge in [0.05, 0.1) is 16.2 Å². The Morgan fingerprint density at radius 3 is 2.23 bits per heavy atom. The van der Waals surface area contributed by atoms with Gasteiger partial charge in [-0.15, -0.1) is 6.58 Å². The minimum Gasteiger partial charge on any atom is -0.744 e. The van der Waals surface area contributed by atoms with Gasteiger partial charge < -0.3 is 16.7 Å². The van der Waals surface area contributed by atoms with Crippen molar-refractivity contribution in [2.75, 3.05) is 6.61 Å². The molecule has 47 heavy (non-hydrogen) atoms. The van der Waals surface area contributed by atoms with E-state index < -0.39 is 10.1 Å². The molecule has 0 N–H and O–H groups in total. The van der Waals surface area contributed by atoms with E-state index in [4.69, 9.17) is 27.9 Å². The maximum atomic E-state index is 10.9. The quantitative estimate of drug-likeness (QED) is 0.0706. The van der Waals surface area contributed by atoms with E-state index in [0.29, 0.717) is 17.3 Å². The zero-order chi connectivity index (χ0) is 31.6. The van der Waals surface area contributed by atoms with Gasteiger partial charge in [-0.25, -0.2) is 8.42 Å². The summed E-state index contributed by atoms with van der Waals surface area (Å²) in [5.74, 6) is 1.87. The molecule has 0 fully saturated rings. The van der Waals surface area contributed by atoms with Crippen LogP contribution in [0.3, 0.4) is 0 Å². The number of hydrogen-bond acceptors (Lipinski definition) is 4. The molecule has 4 aromatic carbocycles. The smallest absolute Gasteiger partial charge is 0.744 e. The molecule has 4 aromatic rings. The normalized spacial score (nSPS) is 21.6. The van der Waals surface area contributed by atoms with Gasteiger partial charge in [-0.3, -0.25) is 0 Å². The van der Waals surface area contributed by atoms with Gasteiger partial charge in [0.1, 0.15) is 10.1 Å². The van der Waals surface area contributed by atoms with Crippen molar-refractivity contribution in [3.05, 3.63) is 132 Å². The molecule has 246 valence electrons. The first-order valence-corrected chi connectivity index (χ1v) is 16.9. The Labute approximate surface area is 313 Å². The number of allylic oxidation sites excluding steroid dienone is 1. The molecule has 0 aromatic heterocycles. The summed E-state index contributed by atoms with van der Waals surface area (Å²) in [7, 11) is -4.38. The first kappa shape index (κ1) is 41.0. The molecule has 0 saturated heterocycles. The number of halogens is 2. The average molecular weight is 705 g/mol. The van der Waals surface area contributed by atoms with Gasteiger partial charge in [-0.1, -0.05) is 111 Å². The van der Waals surface area contributed by atoms with Gasteiger partial charge >= 0.3 is 35.5 Å². The second kappa shape index (κ2) is 17.0. The first-order chi connectivity index (χ1) is 20.9. The van der Waals surface area contributed by atoms with Crippen LogP contribution in [0, 0.1) is 18.8 Å². The fourth-order valence-electron chi connectivity index (χ4n) is 6.67. The van der Waals surface area contributed by atoms with Crippen molar-refractivity contribution in [1.82, 2.24) is 0 Å². The molecule has 5 nitrogen and oxygen atoms in total. The average Bonchev–Trinajstić information content (AvgIpc) is 3.44. The van der Waals surface area contributed by atoms with Crippen LogP contribution in [0.25, 0.3) is 10.8 Å². The molecule has 0 spiro atoms. The predicted octanol–water partition coefficient (Wildman–Crippen LogP) is 7.10. The minimum atomic E-state index is -4.38. The number of rotatable bonds is 6. The molecule has 0 radical (unpaired) electrons. The van der Waals surface area contributed by atoms with Crippen molar-refractivity contribution in [2.45, 2.75) is 63.9 Å². The van der Waals surface area contributed by atoms with E-state index in [-0.39, 0.29) is 66.7 Å². The maximum Gasteiger partial charge on any atom is 1.00 e. The Morgan fingerprint density at radius 2 is 1.62 bits per heavy atom. The van der Waals surface area contributed by atoms with Gasteiger partial charge in [0.2, 0.25) is 0 Å². The molecule has 4 atom stereocenters. The summed E-state index contributed by atoms with van der Waals surface area (Å²) in [6.45, 7) is 11.6. The van der Waals surface area contributed by atoms with Crippen molar-refractivity contribution >= 4 is 50.0 Å². The number of benzene rings is 4. The van der Waals surface area contributed by atoms with Crippen LogP contribution >= 0.6 is 23.2 Å². The molecule has 2 aliphatic heterocycles. The molecule has 1 unspecified atom stereocenters. The van der Waals surface area contributed by atoms with Gasteiger partial charge in [0.15, 0.2) is 18.7 Å². The summed E-state index contributed by atoms with van der Waals surface area (Å²) < 4.78 is 41.7. The van der Waals surface area contributed by atoms with Crippen LogP contribution in [0.5, 0.6) is 0 Å². The van der Waals surface area contributed by atoms with Gasteiger partial charge in [0.25, 0.3) is 0 Å². The Hall–Kier alpha value is -2.16. The number of nitrogens with zero attached hydrogens (tertiary/aromatic N) is 1. The molecule has 6 rings (SSSR count). The van der Waals surface area contributed by atoms with Crippen molar-refractivity contribution in [1.29, 1.82) is 0 Å². The standard InChI is InChI=1S/C26H30Cl2NO.C10H8O3S.CH4.CH3.Na/c1-5-13-26(4)15-22(19-7-6-8-21(28)14-19)24(18-9-11-20(27)12-10-18)29-23(17(2)3)16-30-25(26)29;11-14(12,13)10-7-3-5-8-4-1-2-6-9(8)10;;;/h5-12,14,17,22-24H,1,13,15-16H2,2-4H3;1-7H,(H,11,12,13);1H4;1H3;/q+1;;;-1;+1/p-1/t22-,23-,24?,26+;;;;/m1..../s1. The second-order valence-electron chi connectivity index (χ2n) is 12.2. The van der Waals surface area contributed by atoms with Crippen LogP contribution in [0.1, 0.15) is 64.1 Å². The Balaban J connectivity index is 0.000000383. The van der Waals surface area contributed by atoms with E-state index in [9.17, 15) is 13.0 Å². The van der Waals surface area contributed by atoms with Crippen molar-refractivity contribution in [2.24, 2.45) is 11.3 Å². The van der Waals surface area contributed by atoms with Crippen LogP contribution in [-0.2, 0) is 14.9 Å². The zero-order valence-corrected chi connectivity index (χ0v) is 31.4. The van der Waals surface area contributed by atoms with E-state index in [1.807, 2.05) is 24.3 Å². The molecule has 0 amide bonds. The van der Waals surface area contributed by atoms with Crippen molar-refractivity contribution in [3.63, 3.8) is 0 Å². The van der Waals surface area contributed by atoms with E-state index in [0.717, 1.165) is 40.8 Å². The summed E-state index contributed by atoms with van der Waals surface area (Å²) in [5.41, 5.74) is 2.44. The summed E-state index contributed by atoms with van der Waals surface area (Å²) >= 11 is 12.7. The molecule has 0 aliphatic carbocycles. The monoisotopic (exact) mass is 703 g/mol. The number of hydrogen-bond donors (Lipinski definition) is 0. The van der Waals surface area contributed by atoms with Gasteiger partial charge in [-0.2, -0.15) is 4.58 Å². The van der Waals surface area contributed by atoms with E-state index in [1.54, 1.807) is 36.4 Å². The van der Waals surface area contributed by atoms with E-state index >= 15 is 0 Å². The fourth-order valence-corrected chi connectivity index (χ4v) is 7.70. The molecular formula is C38H44Cl2NNaO4S. The molecule has 0 bridgehead atoms. The molecule has 9 heteroatoms. The topological polar surface area (TPSA) is 69.4 Å². The van der Waals surface area contributed by atoms with Gasteiger partial charge in [-0.05, 0) is 66.4 Å². The maximum absolute atomic E-state index is 10.9. The largest absolute Gasteiger partial charge is 1.00 e. The van der Waals surface area contributed by atoms with Crippen LogP contribution < -0.4 is 29.6 Å². The third-order valence-electron chi connectivity index (χ3n) is 8.72. The summed E-state index contributed by atoms with van der Waals surface area (Å²) in [6.07, 6.45) is 3.88. The summed E-state index contributed by atoms with van der Waals surface area (Å²) in [6, 6.07) is 28.7. The van der Waals surface area contributed by atoms with Crippen LogP contribution in [0.2, 0.25) is 10.0 Å². The van der Waals surface area contributed by atoms with Crippen LogP contribution in [-0.4, -0.2) is 36.1 Å². The third kappa shape index (κ3) is 8.90. The summed E-state index contributed by atoms with van der Waals surface area (Å²) in [5, 5.41) is 2.77. The summed E-state index contributed by atoms with van der Waals surface area (Å²) in [4.78, 5) is -0.157. The Morgan fingerprint density at radius 1 is 0.979 bits per heavy atom. The fraction of sp³-hybridized carbons (Fsp3) is 0.316. The molecular weight excluding hydrogens is 660 g/mol. The predicted molar refractivity (Wildman–Crippen MR) is 191 cm³/mol. The number of fused-ring (bicyclic) bond motifs is 1. The van der Waals surface area contributed by atoms with E-state index in [2.05, 4.69) is 62.3 Å². The Kier molecular flexibility index (Phi) is 14.8. The van der Waals surface area contributed by atoms with Crippen LogP contribution in [0.15, 0.2) is 109 Å². The molecule has 2 heterocycles. The second-order valence-corrected chi connectivity index (χ2v) is 14.4. The van der Waals surface area contributed by atoms with E-state index in [1.165, 1.54) is 17.2 Å². The molecule has 2 aliphatic rings. The minimum absolute atomic E-state index is 0. The number of ether oxygens (including phenoxy) is 1.